The summed E-state index contributed by atoms with van der Waals surface area (Å²) in [5.74, 6) is 0. The summed E-state index contributed by atoms with van der Waals surface area (Å²) in [5.41, 5.74) is 4.04. The van der Waals surface area contributed by atoms with Crippen LogP contribution in [-0.2, 0) is 14.2 Å². The molecule has 0 aromatic heterocycles. The standard InChI is InChI=1S/C24H30O3Se/c1-17(23(25-2)18-9-4-3-5-10-18)28-24-19(21-13-7-15-26-21)11-6-12-20(24)22-14-8-16-27-22/h3-6,9-12,17,21-23H,7-8,13-16H2,1-2H3/t17-,21-,22-,23-/m0/s1. The van der Waals surface area contributed by atoms with Gasteiger partial charge in [0, 0.05) is 0 Å². The van der Waals surface area contributed by atoms with E-state index in [2.05, 4.69) is 55.5 Å². The SMILES string of the molecule is CO[C@H](c1ccccc1)[C@H](C)[Se]c1c([C@@H]2CCCO2)cccc1[C@@H]1CCCO1. The van der Waals surface area contributed by atoms with Crippen LogP contribution in [0.2, 0.25) is 4.82 Å². The third kappa shape index (κ3) is 4.37. The molecule has 4 atom stereocenters. The van der Waals surface area contributed by atoms with Crippen LogP contribution in [0.4, 0.5) is 0 Å². The Labute approximate surface area is 174 Å². The fourth-order valence-electron chi connectivity index (χ4n) is 4.35. The van der Waals surface area contributed by atoms with Gasteiger partial charge in [0.2, 0.25) is 0 Å². The van der Waals surface area contributed by atoms with Crippen molar-refractivity contribution < 1.29 is 14.2 Å². The van der Waals surface area contributed by atoms with Gasteiger partial charge in [-0.25, -0.2) is 0 Å². The summed E-state index contributed by atoms with van der Waals surface area (Å²) in [5, 5.41) is 0. The maximum absolute atomic E-state index is 6.09. The molecule has 2 aromatic rings. The van der Waals surface area contributed by atoms with E-state index >= 15 is 0 Å². The van der Waals surface area contributed by atoms with Crippen molar-refractivity contribution in [3.63, 3.8) is 0 Å². The van der Waals surface area contributed by atoms with E-state index in [1.54, 1.807) is 0 Å². The van der Waals surface area contributed by atoms with Crippen LogP contribution in [0.25, 0.3) is 0 Å². The zero-order valence-electron chi connectivity index (χ0n) is 16.8. The van der Waals surface area contributed by atoms with Gasteiger partial charge in [-0.1, -0.05) is 0 Å². The third-order valence-electron chi connectivity index (χ3n) is 5.74. The van der Waals surface area contributed by atoms with Crippen molar-refractivity contribution >= 4 is 19.4 Å². The number of methoxy groups -OCH3 is 1. The molecule has 2 aliphatic rings. The average Bonchev–Trinajstić information content (AvgIpc) is 3.44. The number of ether oxygens (including phenoxy) is 3. The van der Waals surface area contributed by atoms with Crippen LogP contribution in [0, 0.1) is 0 Å². The van der Waals surface area contributed by atoms with Gasteiger partial charge in [0.05, 0.1) is 0 Å². The van der Waals surface area contributed by atoms with E-state index in [-0.39, 0.29) is 33.3 Å². The molecule has 0 radical (unpaired) electrons. The molecule has 28 heavy (non-hydrogen) atoms. The topological polar surface area (TPSA) is 27.7 Å². The summed E-state index contributed by atoms with van der Waals surface area (Å²) in [6.45, 7) is 4.08. The van der Waals surface area contributed by atoms with E-state index in [1.165, 1.54) is 21.2 Å². The molecule has 0 amide bonds. The first kappa shape index (κ1) is 20.1. The van der Waals surface area contributed by atoms with Crippen molar-refractivity contribution in [2.75, 3.05) is 20.3 Å². The first-order valence-corrected chi connectivity index (χ1v) is 12.2. The zero-order valence-corrected chi connectivity index (χ0v) is 18.5. The number of benzene rings is 2. The van der Waals surface area contributed by atoms with Crippen LogP contribution < -0.4 is 4.46 Å². The van der Waals surface area contributed by atoms with Gasteiger partial charge in [0.1, 0.15) is 0 Å². The van der Waals surface area contributed by atoms with Gasteiger partial charge in [0.15, 0.2) is 0 Å². The third-order valence-corrected chi connectivity index (χ3v) is 8.52. The van der Waals surface area contributed by atoms with E-state index in [0.717, 1.165) is 38.9 Å². The minimum absolute atomic E-state index is 0.107. The number of hydrogen-bond acceptors (Lipinski definition) is 3. The molecule has 4 heteroatoms. The Balaban J connectivity index is 1.66. The summed E-state index contributed by atoms with van der Waals surface area (Å²) in [6.07, 6.45) is 5.14. The van der Waals surface area contributed by atoms with Gasteiger partial charge in [-0.3, -0.25) is 0 Å². The first-order valence-electron chi connectivity index (χ1n) is 10.4. The fraction of sp³-hybridized carbons (Fsp3) is 0.500. The van der Waals surface area contributed by atoms with Crippen molar-refractivity contribution in [3.8, 4) is 0 Å². The van der Waals surface area contributed by atoms with Crippen LogP contribution in [-0.4, -0.2) is 35.3 Å². The molecule has 150 valence electrons. The maximum atomic E-state index is 6.09. The van der Waals surface area contributed by atoms with Crippen molar-refractivity contribution in [2.24, 2.45) is 0 Å². The summed E-state index contributed by atoms with van der Waals surface area (Å²) in [7, 11) is 1.83. The van der Waals surface area contributed by atoms with Gasteiger partial charge in [-0.05, 0) is 0 Å². The molecule has 0 saturated carbocycles. The minimum atomic E-state index is 0.107. The number of hydrogen-bond donors (Lipinski definition) is 0. The van der Waals surface area contributed by atoms with E-state index < -0.39 is 0 Å². The molecule has 0 bridgehead atoms. The number of rotatable bonds is 7. The summed E-state index contributed by atoms with van der Waals surface area (Å²) in [6, 6.07) is 17.4. The second-order valence-electron chi connectivity index (χ2n) is 7.66. The Bertz CT molecular complexity index is 717. The molecule has 3 nitrogen and oxygen atoms in total. The molecule has 2 aromatic carbocycles. The Morgan fingerprint density at radius 2 is 1.50 bits per heavy atom. The molecule has 4 rings (SSSR count). The average molecular weight is 445 g/mol. The molecule has 2 heterocycles. The quantitative estimate of drug-likeness (QED) is 0.567. The molecule has 2 aliphatic heterocycles. The van der Waals surface area contributed by atoms with Crippen LogP contribution in [0.15, 0.2) is 48.5 Å². The van der Waals surface area contributed by atoms with Gasteiger partial charge in [-0.15, -0.1) is 0 Å². The Kier molecular flexibility index (Phi) is 6.87. The van der Waals surface area contributed by atoms with Crippen LogP contribution in [0.1, 0.15) is 67.6 Å². The van der Waals surface area contributed by atoms with E-state index in [4.69, 9.17) is 14.2 Å². The van der Waals surface area contributed by atoms with E-state index in [0.29, 0.717) is 4.82 Å². The molecule has 0 unspecified atom stereocenters. The molecule has 2 fully saturated rings. The molecule has 0 aliphatic carbocycles. The Hall–Kier alpha value is -1.16. The predicted octanol–water partition coefficient (Wildman–Crippen LogP) is 4.92. The van der Waals surface area contributed by atoms with Gasteiger partial charge in [-0.2, -0.15) is 0 Å². The van der Waals surface area contributed by atoms with Crippen LogP contribution in [0.3, 0.4) is 0 Å². The van der Waals surface area contributed by atoms with E-state index in [1.807, 2.05) is 7.11 Å². The predicted molar refractivity (Wildman–Crippen MR) is 113 cm³/mol. The Morgan fingerprint density at radius 1 is 0.893 bits per heavy atom. The van der Waals surface area contributed by atoms with Crippen molar-refractivity contribution in [1.29, 1.82) is 0 Å². The fourth-order valence-corrected chi connectivity index (χ4v) is 7.36. The summed E-state index contributed by atoms with van der Waals surface area (Å²) < 4.78 is 19.6. The molecule has 0 N–H and O–H groups in total. The van der Waals surface area contributed by atoms with Gasteiger partial charge in [0.25, 0.3) is 0 Å². The normalized spacial score (nSPS) is 24.4. The molecular weight excluding hydrogens is 415 g/mol. The van der Waals surface area contributed by atoms with Crippen LogP contribution >= 0.6 is 0 Å². The van der Waals surface area contributed by atoms with Gasteiger partial charge >= 0.3 is 175 Å². The zero-order chi connectivity index (χ0) is 19.3. The van der Waals surface area contributed by atoms with Crippen molar-refractivity contribution in [1.82, 2.24) is 0 Å². The van der Waals surface area contributed by atoms with Crippen LogP contribution in [0.5, 0.6) is 0 Å². The summed E-state index contributed by atoms with van der Waals surface area (Å²) in [4.78, 5) is 0.419. The Morgan fingerprint density at radius 3 is 2.00 bits per heavy atom. The molecular formula is C24H30O3Se. The van der Waals surface area contributed by atoms with Gasteiger partial charge < -0.3 is 0 Å². The molecule has 0 spiro atoms. The summed E-state index contributed by atoms with van der Waals surface area (Å²) >= 11 is 0.264. The molecule has 2 saturated heterocycles. The van der Waals surface area contributed by atoms with E-state index in [9.17, 15) is 0 Å². The van der Waals surface area contributed by atoms with Crippen molar-refractivity contribution in [2.45, 2.75) is 55.7 Å². The second-order valence-corrected chi connectivity index (χ2v) is 10.6. The van der Waals surface area contributed by atoms with Crippen molar-refractivity contribution in [3.05, 3.63) is 65.2 Å². The second kappa shape index (κ2) is 9.56. The monoisotopic (exact) mass is 446 g/mol. The first-order chi connectivity index (χ1) is 13.8.